The van der Waals surface area contributed by atoms with Crippen LogP contribution >= 0.6 is 11.6 Å². The lowest BCUT2D eigenvalue weighted by Crippen LogP contribution is -2.45. The summed E-state index contributed by atoms with van der Waals surface area (Å²) in [6.45, 7) is 11.5. The van der Waals surface area contributed by atoms with Crippen molar-refractivity contribution in [2.45, 2.75) is 39.9 Å². The number of benzene rings is 2. The smallest absolute Gasteiger partial charge is 0.124 e. The van der Waals surface area contributed by atoms with Crippen LogP contribution in [-0.2, 0) is 19.6 Å². The standard InChI is InChI=1S/C28H33ClN4/c1-21-11-12-23(22(2)17-21)18-31-13-15-32(16-14-31)20-28-30-26-9-5-6-10-27(26)33(28)19-24-7-3-4-8-25(24)29/h3-6,8-12,17,24H,7,13-16,18-20H2,1-2H3. The van der Waals surface area contributed by atoms with E-state index in [-0.39, 0.29) is 0 Å². The van der Waals surface area contributed by atoms with Gasteiger partial charge in [0.1, 0.15) is 5.82 Å². The Morgan fingerprint density at radius 2 is 1.73 bits per heavy atom. The van der Waals surface area contributed by atoms with Crippen LogP contribution in [0.1, 0.15) is 28.9 Å². The maximum atomic E-state index is 6.56. The topological polar surface area (TPSA) is 24.3 Å². The first-order valence-electron chi connectivity index (χ1n) is 12.0. The molecule has 1 aromatic heterocycles. The molecule has 1 atom stereocenters. The molecule has 0 spiro atoms. The maximum absolute atomic E-state index is 6.56. The highest BCUT2D eigenvalue weighted by atomic mass is 35.5. The van der Waals surface area contributed by atoms with Crippen LogP contribution < -0.4 is 0 Å². The van der Waals surface area contributed by atoms with Crippen molar-refractivity contribution in [2.24, 2.45) is 5.92 Å². The highest BCUT2D eigenvalue weighted by Gasteiger charge is 2.22. The van der Waals surface area contributed by atoms with E-state index < -0.39 is 0 Å². The van der Waals surface area contributed by atoms with E-state index in [2.05, 4.69) is 82.8 Å². The number of aryl methyl sites for hydroxylation is 2. The average molecular weight is 461 g/mol. The summed E-state index contributed by atoms with van der Waals surface area (Å²) >= 11 is 6.56. The van der Waals surface area contributed by atoms with Gasteiger partial charge in [0.2, 0.25) is 0 Å². The molecule has 1 unspecified atom stereocenters. The van der Waals surface area contributed by atoms with Crippen molar-refractivity contribution in [3.8, 4) is 0 Å². The monoisotopic (exact) mass is 460 g/mol. The lowest BCUT2D eigenvalue weighted by molar-refractivity contribution is 0.118. The van der Waals surface area contributed by atoms with Gasteiger partial charge in [0, 0.05) is 50.2 Å². The van der Waals surface area contributed by atoms with Gasteiger partial charge in [0.15, 0.2) is 0 Å². The first kappa shape index (κ1) is 22.4. The van der Waals surface area contributed by atoms with E-state index in [0.29, 0.717) is 5.92 Å². The van der Waals surface area contributed by atoms with Gasteiger partial charge in [-0.25, -0.2) is 4.98 Å². The molecule has 0 N–H and O–H groups in total. The average Bonchev–Trinajstić information content (AvgIpc) is 3.15. The van der Waals surface area contributed by atoms with Gasteiger partial charge in [-0.3, -0.25) is 9.80 Å². The number of halogens is 1. The van der Waals surface area contributed by atoms with Crippen molar-refractivity contribution in [3.63, 3.8) is 0 Å². The number of para-hydroxylation sites is 2. The fourth-order valence-electron chi connectivity index (χ4n) is 5.05. The summed E-state index contributed by atoms with van der Waals surface area (Å²) in [5, 5.41) is 0.946. The van der Waals surface area contributed by atoms with Crippen molar-refractivity contribution >= 4 is 22.6 Å². The molecule has 33 heavy (non-hydrogen) atoms. The normalized spacial score (nSPS) is 19.8. The predicted molar refractivity (Wildman–Crippen MR) is 137 cm³/mol. The second-order valence-electron chi connectivity index (χ2n) is 9.52. The number of rotatable bonds is 6. The van der Waals surface area contributed by atoms with E-state index >= 15 is 0 Å². The van der Waals surface area contributed by atoms with Gasteiger partial charge in [-0.15, -0.1) is 0 Å². The molecule has 2 heterocycles. The number of piperazine rings is 1. The Kier molecular flexibility index (Phi) is 6.68. The van der Waals surface area contributed by atoms with Gasteiger partial charge >= 0.3 is 0 Å². The molecule has 2 aliphatic rings. The second kappa shape index (κ2) is 9.84. The molecular weight excluding hydrogens is 428 g/mol. The molecule has 5 heteroatoms. The summed E-state index contributed by atoms with van der Waals surface area (Å²) in [4.78, 5) is 10.2. The third-order valence-corrected chi connectivity index (χ3v) is 7.50. The lowest BCUT2D eigenvalue weighted by Gasteiger charge is -2.35. The van der Waals surface area contributed by atoms with Gasteiger partial charge in [0.25, 0.3) is 0 Å². The number of imidazole rings is 1. The molecule has 0 amide bonds. The molecule has 0 bridgehead atoms. The minimum absolute atomic E-state index is 0.322. The molecule has 5 rings (SSSR count). The highest BCUT2D eigenvalue weighted by Crippen LogP contribution is 2.28. The van der Waals surface area contributed by atoms with Crippen LogP contribution in [0.15, 0.2) is 65.7 Å². The summed E-state index contributed by atoms with van der Waals surface area (Å²) in [6.07, 6.45) is 7.29. The maximum Gasteiger partial charge on any atom is 0.124 e. The van der Waals surface area contributed by atoms with Gasteiger partial charge in [-0.1, -0.05) is 59.6 Å². The Hall–Kier alpha value is -2.40. The van der Waals surface area contributed by atoms with Crippen LogP contribution in [-0.4, -0.2) is 45.5 Å². The fraction of sp³-hybridized carbons (Fsp3) is 0.393. The summed E-state index contributed by atoms with van der Waals surface area (Å²) < 4.78 is 2.40. The van der Waals surface area contributed by atoms with E-state index in [4.69, 9.17) is 16.6 Å². The van der Waals surface area contributed by atoms with Gasteiger partial charge in [-0.2, -0.15) is 0 Å². The molecule has 2 aromatic carbocycles. The minimum Gasteiger partial charge on any atom is -0.326 e. The van der Waals surface area contributed by atoms with E-state index in [1.807, 2.05) is 6.08 Å². The lowest BCUT2D eigenvalue weighted by atomic mass is 10.0. The molecular formula is C28H33ClN4. The summed E-state index contributed by atoms with van der Waals surface area (Å²) in [5.74, 6) is 1.47. The van der Waals surface area contributed by atoms with E-state index in [1.54, 1.807) is 0 Å². The van der Waals surface area contributed by atoms with Gasteiger partial charge in [0.05, 0.1) is 17.6 Å². The molecule has 1 aliphatic heterocycles. The Morgan fingerprint density at radius 3 is 2.48 bits per heavy atom. The first-order chi connectivity index (χ1) is 16.1. The number of hydrogen-bond acceptors (Lipinski definition) is 3. The number of allylic oxidation sites excluding steroid dienone is 4. The number of aromatic nitrogens is 2. The van der Waals surface area contributed by atoms with Crippen molar-refractivity contribution in [2.75, 3.05) is 26.2 Å². The summed E-state index contributed by atoms with van der Waals surface area (Å²) in [6, 6.07) is 15.3. The zero-order valence-corrected chi connectivity index (χ0v) is 20.4. The molecule has 1 saturated heterocycles. The first-order valence-corrected chi connectivity index (χ1v) is 12.4. The third-order valence-electron chi connectivity index (χ3n) is 7.06. The number of fused-ring (bicyclic) bond motifs is 1. The molecule has 1 aliphatic carbocycles. The minimum atomic E-state index is 0.322. The van der Waals surface area contributed by atoms with Crippen LogP contribution in [0.25, 0.3) is 11.0 Å². The molecule has 1 fully saturated rings. The number of hydrogen-bond donors (Lipinski definition) is 0. The summed E-state index contributed by atoms with van der Waals surface area (Å²) in [7, 11) is 0. The molecule has 0 radical (unpaired) electrons. The Balaban J connectivity index is 1.27. The molecule has 0 saturated carbocycles. The Bertz CT molecular complexity index is 1180. The number of nitrogens with zero attached hydrogens (tertiary/aromatic N) is 4. The predicted octanol–water partition coefficient (Wildman–Crippen LogP) is 5.67. The van der Waals surface area contributed by atoms with Crippen molar-refractivity contribution < 1.29 is 0 Å². The molecule has 172 valence electrons. The Labute approximate surface area is 202 Å². The van der Waals surface area contributed by atoms with Crippen LogP contribution in [0.5, 0.6) is 0 Å². The molecule has 3 aromatic rings. The van der Waals surface area contributed by atoms with E-state index in [9.17, 15) is 0 Å². The second-order valence-corrected chi connectivity index (χ2v) is 9.96. The highest BCUT2D eigenvalue weighted by molar-refractivity contribution is 6.30. The van der Waals surface area contributed by atoms with Crippen molar-refractivity contribution in [1.29, 1.82) is 0 Å². The van der Waals surface area contributed by atoms with Crippen molar-refractivity contribution in [1.82, 2.24) is 19.4 Å². The largest absolute Gasteiger partial charge is 0.326 e. The fourth-order valence-corrected chi connectivity index (χ4v) is 5.28. The van der Waals surface area contributed by atoms with Gasteiger partial charge in [-0.05, 0) is 49.6 Å². The third kappa shape index (κ3) is 5.08. The van der Waals surface area contributed by atoms with E-state index in [1.165, 1.54) is 22.2 Å². The Morgan fingerprint density at radius 1 is 0.970 bits per heavy atom. The quantitative estimate of drug-likeness (QED) is 0.473. The van der Waals surface area contributed by atoms with Crippen LogP contribution in [0.4, 0.5) is 0 Å². The zero-order chi connectivity index (χ0) is 22.8. The van der Waals surface area contributed by atoms with Crippen LogP contribution in [0.2, 0.25) is 0 Å². The summed E-state index contributed by atoms with van der Waals surface area (Å²) in [5.41, 5.74) is 6.47. The van der Waals surface area contributed by atoms with Crippen molar-refractivity contribution in [3.05, 3.63) is 88.2 Å². The van der Waals surface area contributed by atoms with Crippen LogP contribution in [0, 0.1) is 19.8 Å². The van der Waals surface area contributed by atoms with Crippen LogP contribution in [0.3, 0.4) is 0 Å². The SMILES string of the molecule is Cc1ccc(CN2CCN(Cc3nc4ccccc4n3CC3CC=CC=C3Cl)CC2)c(C)c1. The zero-order valence-electron chi connectivity index (χ0n) is 19.7. The molecule has 4 nitrogen and oxygen atoms in total. The van der Waals surface area contributed by atoms with E-state index in [0.717, 1.165) is 68.6 Å². The van der Waals surface area contributed by atoms with Gasteiger partial charge < -0.3 is 4.57 Å².